The summed E-state index contributed by atoms with van der Waals surface area (Å²) in [6, 6.07) is 20.9. The Hall–Kier alpha value is -4.30. The molecule has 7 nitrogen and oxygen atoms in total. The highest BCUT2D eigenvalue weighted by molar-refractivity contribution is 7.16. The molecular formula is C24H15N5O2S. The number of fused-ring (bicyclic) bond motifs is 3. The van der Waals surface area contributed by atoms with Crippen LogP contribution in [0.2, 0.25) is 0 Å². The Morgan fingerprint density at radius 2 is 1.81 bits per heavy atom. The van der Waals surface area contributed by atoms with Crippen LogP contribution in [0.5, 0.6) is 0 Å². The van der Waals surface area contributed by atoms with Gasteiger partial charge >= 0.3 is 5.97 Å². The Labute approximate surface area is 185 Å². The first-order valence-corrected chi connectivity index (χ1v) is 10.7. The maximum atomic E-state index is 11.5. The Balaban J connectivity index is 1.54. The van der Waals surface area contributed by atoms with E-state index in [2.05, 4.69) is 21.4 Å². The van der Waals surface area contributed by atoms with Crippen molar-refractivity contribution < 1.29 is 9.90 Å². The van der Waals surface area contributed by atoms with Gasteiger partial charge in [0.1, 0.15) is 5.82 Å². The molecule has 8 heteroatoms. The van der Waals surface area contributed by atoms with Gasteiger partial charge in [-0.25, -0.2) is 19.7 Å². The summed E-state index contributed by atoms with van der Waals surface area (Å²) in [5.41, 5.74) is 5.21. The topological polar surface area (TPSA) is 92.9 Å². The van der Waals surface area contributed by atoms with Gasteiger partial charge in [0.2, 0.25) is 5.95 Å². The maximum Gasteiger partial charge on any atom is 0.335 e. The number of aromatic nitrogens is 4. The van der Waals surface area contributed by atoms with Gasteiger partial charge in [-0.2, -0.15) is 0 Å². The number of anilines is 2. The predicted molar refractivity (Wildman–Crippen MR) is 126 cm³/mol. The number of pyridine rings is 1. The first kappa shape index (κ1) is 18.5. The summed E-state index contributed by atoms with van der Waals surface area (Å²) in [6.07, 6.45) is 1.82. The number of hydrogen-bond donors (Lipinski definition) is 2. The van der Waals surface area contributed by atoms with Crippen LogP contribution in [0.4, 0.5) is 11.8 Å². The smallest absolute Gasteiger partial charge is 0.335 e. The Morgan fingerprint density at radius 1 is 0.938 bits per heavy atom. The first-order valence-electron chi connectivity index (χ1n) is 9.87. The number of carbonyl (C=O) groups is 1. The third-order valence-electron chi connectivity index (χ3n) is 5.35. The number of carboxylic acid groups (broad SMARTS) is 1. The van der Waals surface area contributed by atoms with Gasteiger partial charge in [0, 0.05) is 11.6 Å². The van der Waals surface area contributed by atoms with Crippen LogP contribution in [0.25, 0.3) is 37.7 Å². The molecule has 0 saturated carbocycles. The fourth-order valence-electron chi connectivity index (χ4n) is 3.81. The van der Waals surface area contributed by atoms with Gasteiger partial charge in [-0.1, -0.05) is 24.3 Å². The molecule has 6 rings (SSSR count). The van der Waals surface area contributed by atoms with Crippen LogP contribution in [-0.4, -0.2) is 30.6 Å². The highest BCUT2D eigenvalue weighted by atomic mass is 32.1. The molecule has 3 heterocycles. The number of nitrogens with one attached hydrogen (secondary N) is 1. The largest absolute Gasteiger partial charge is 0.478 e. The number of imidazole rings is 1. The second-order valence-electron chi connectivity index (χ2n) is 7.33. The number of hydrogen-bond acceptors (Lipinski definition) is 6. The van der Waals surface area contributed by atoms with Crippen LogP contribution in [0.3, 0.4) is 0 Å². The van der Waals surface area contributed by atoms with Crippen molar-refractivity contribution in [3.8, 4) is 5.69 Å². The highest BCUT2D eigenvalue weighted by Gasteiger charge is 2.16. The molecule has 0 fully saturated rings. The van der Waals surface area contributed by atoms with Crippen molar-refractivity contribution in [2.24, 2.45) is 0 Å². The van der Waals surface area contributed by atoms with E-state index in [-0.39, 0.29) is 5.56 Å². The molecule has 0 aliphatic rings. The Kier molecular flexibility index (Phi) is 4.12. The third-order valence-corrected chi connectivity index (χ3v) is 6.14. The van der Waals surface area contributed by atoms with Crippen molar-refractivity contribution in [1.82, 2.24) is 19.5 Å². The molecule has 3 aromatic heterocycles. The molecule has 0 bridgehead atoms. The standard InChI is InChI=1S/C24H15N5O2S/c30-23(31)15-5-8-20-19(9-15)27-24(28-22-10-14-3-1-2-4-16(14)12-25-22)29(20)17-6-7-18-21(11-17)32-13-26-18/h1-13H,(H,30,31)(H,25,27,28). The average Bonchev–Trinajstić information content (AvgIpc) is 3.41. The van der Waals surface area contributed by atoms with Gasteiger partial charge in [-0.15, -0.1) is 11.3 Å². The van der Waals surface area contributed by atoms with Gasteiger partial charge < -0.3 is 10.4 Å². The molecule has 0 spiro atoms. The average molecular weight is 437 g/mol. The molecule has 0 amide bonds. The molecule has 154 valence electrons. The zero-order valence-corrected chi connectivity index (χ0v) is 17.4. The summed E-state index contributed by atoms with van der Waals surface area (Å²) in [6.45, 7) is 0. The molecule has 0 atom stereocenters. The minimum atomic E-state index is -0.988. The van der Waals surface area contributed by atoms with E-state index in [4.69, 9.17) is 4.98 Å². The van der Waals surface area contributed by atoms with Crippen LogP contribution in [0.15, 0.2) is 78.4 Å². The normalized spacial score (nSPS) is 11.4. The number of thiazole rings is 1. The van der Waals surface area contributed by atoms with E-state index in [0.29, 0.717) is 17.3 Å². The molecule has 3 aromatic carbocycles. The van der Waals surface area contributed by atoms with E-state index < -0.39 is 5.97 Å². The van der Waals surface area contributed by atoms with E-state index in [1.165, 1.54) is 0 Å². The lowest BCUT2D eigenvalue weighted by Gasteiger charge is -2.11. The molecule has 0 saturated heterocycles. The second-order valence-corrected chi connectivity index (χ2v) is 8.21. The molecule has 0 radical (unpaired) electrons. The quantitative estimate of drug-likeness (QED) is 0.372. The summed E-state index contributed by atoms with van der Waals surface area (Å²) in [5, 5.41) is 14.8. The van der Waals surface area contributed by atoms with Crippen LogP contribution in [0, 0.1) is 0 Å². The Bertz CT molecular complexity index is 1650. The van der Waals surface area contributed by atoms with Crippen LogP contribution in [0.1, 0.15) is 10.4 Å². The summed E-state index contributed by atoms with van der Waals surface area (Å²) in [4.78, 5) is 25.1. The van der Waals surface area contributed by atoms with Gasteiger partial charge in [0.15, 0.2) is 0 Å². The maximum absolute atomic E-state index is 11.5. The summed E-state index contributed by atoms with van der Waals surface area (Å²) in [5.74, 6) is 0.213. The van der Waals surface area contributed by atoms with Crippen molar-refractivity contribution in [3.05, 3.63) is 84.0 Å². The van der Waals surface area contributed by atoms with E-state index in [1.54, 1.807) is 29.5 Å². The summed E-state index contributed by atoms with van der Waals surface area (Å²) in [7, 11) is 0. The SMILES string of the molecule is O=C(O)c1ccc2c(c1)nc(Nc1cc3ccccc3cn1)n2-c1ccc2ncsc2c1. The van der Waals surface area contributed by atoms with Crippen LogP contribution >= 0.6 is 11.3 Å². The second kappa shape index (κ2) is 7.14. The summed E-state index contributed by atoms with van der Waals surface area (Å²) < 4.78 is 3.03. The zero-order valence-electron chi connectivity index (χ0n) is 16.6. The number of benzene rings is 3. The third kappa shape index (κ3) is 3.05. The number of aromatic carboxylic acids is 1. The zero-order chi connectivity index (χ0) is 21.7. The molecule has 0 aliphatic carbocycles. The van der Waals surface area contributed by atoms with Crippen LogP contribution in [-0.2, 0) is 0 Å². The van der Waals surface area contributed by atoms with Gasteiger partial charge in [-0.05, 0) is 47.9 Å². The molecule has 6 aromatic rings. The number of nitrogens with zero attached hydrogens (tertiary/aromatic N) is 4. The van der Waals surface area contributed by atoms with Crippen molar-refractivity contribution in [1.29, 1.82) is 0 Å². The van der Waals surface area contributed by atoms with Crippen molar-refractivity contribution >= 4 is 61.1 Å². The highest BCUT2D eigenvalue weighted by Crippen LogP contribution is 2.30. The van der Waals surface area contributed by atoms with Gasteiger partial charge in [0.25, 0.3) is 0 Å². The van der Waals surface area contributed by atoms with Gasteiger partial charge in [0.05, 0.1) is 38.0 Å². The minimum Gasteiger partial charge on any atom is -0.478 e. The van der Waals surface area contributed by atoms with Crippen molar-refractivity contribution in [2.75, 3.05) is 5.32 Å². The molecule has 2 N–H and O–H groups in total. The summed E-state index contributed by atoms with van der Waals surface area (Å²) >= 11 is 1.57. The number of carboxylic acids is 1. The lowest BCUT2D eigenvalue weighted by Crippen LogP contribution is -2.03. The van der Waals surface area contributed by atoms with Crippen molar-refractivity contribution in [2.45, 2.75) is 0 Å². The van der Waals surface area contributed by atoms with E-state index >= 15 is 0 Å². The fraction of sp³-hybridized carbons (Fsp3) is 0. The monoisotopic (exact) mass is 437 g/mol. The molecule has 0 aliphatic heterocycles. The fourth-order valence-corrected chi connectivity index (χ4v) is 4.52. The Morgan fingerprint density at radius 3 is 2.69 bits per heavy atom. The molecular weight excluding hydrogens is 422 g/mol. The van der Waals surface area contributed by atoms with E-state index in [9.17, 15) is 9.90 Å². The first-order chi connectivity index (χ1) is 15.7. The lowest BCUT2D eigenvalue weighted by molar-refractivity contribution is 0.0697. The van der Waals surface area contributed by atoms with Crippen LogP contribution < -0.4 is 5.32 Å². The molecule has 0 unspecified atom stereocenters. The predicted octanol–water partition coefficient (Wildman–Crippen LogP) is 5.63. The lowest BCUT2D eigenvalue weighted by atomic mass is 10.2. The van der Waals surface area contributed by atoms with Gasteiger partial charge in [-0.3, -0.25) is 4.57 Å². The van der Waals surface area contributed by atoms with E-state index in [0.717, 1.165) is 32.2 Å². The van der Waals surface area contributed by atoms with Crippen molar-refractivity contribution in [3.63, 3.8) is 0 Å². The molecule has 32 heavy (non-hydrogen) atoms. The van der Waals surface area contributed by atoms with E-state index in [1.807, 2.05) is 58.7 Å². The number of rotatable bonds is 4. The minimum absolute atomic E-state index is 0.190.